The van der Waals surface area contributed by atoms with Crippen molar-refractivity contribution in [2.24, 2.45) is 5.73 Å². The molecule has 6 aromatic heterocycles. The number of esters is 4. The molecule has 6 aromatic rings. The number of aliphatic hydroxyl groups is 1. The second kappa shape index (κ2) is 35.2. The number of amides is 2. The molecular formula is C49H61Cl3N16O13. The molecule has 2 amide bonds. The molecular weight excluding hydrogens is 1130 g/mol. The summed E-state index contributed by atoms with van der Waals surface area (Å²) in [7, 11) is 1.00. The Morgan fingerprint density at radius 3 is 1.70 bits per heavy atom. The highest BCUT2D eigenvalue weighted by molar-refractivity contribution is 6.31. The van der Waals surface area contributed by atoms with Gasteiger partial charge in [0, 0.05) is 61.3 Å². The molecule has 0 radical (unpaired) electrons. The largest absolute Gasteiger partial charge is 0.466 e. The quantitative estimate of drug-likeness (QED) is 0.0281. The molecule has 0 aromatic carbocycles. The average Bonchev–Trinajstić information content (AvgIpc) is 4.18. The lowest BCUT2D eigenvalue weighted by molar-refractivity contribution is -0.143. The lowest BCUT2D eigenvalue weighted by Gasteiger charge is -2.20. The van der Waals surface area contributed by atoms with Crippen LogP contribution in [0.25, 0.3) is 6.08 Å². The second-order valence-electron chi connectivity index (χ2n) is 15.8. The van der Waals surface area contributed by atoms with Gasteiger partial charge in [0.2, 0.25) is 11.8 Å². The van der Waals surface area contributed by atoms with Crippen LogP contribution in [-0.2, 0) is 57.4 Å². The summed E-state index contributed by atoms with van der Waals surface area (Å²) in [6.07, 6.45) is 10.6. The molecule has 81 heavy (non-hydrogen) atoms. The van der Waals surface area contributed by atoms with Gasteiger partial charge in [0.15, 0.2) is 22.9 Å². The zero-order valence-electron chi connectivity index (χ0n) is 45.0. The van der Waals surface area contributed by atoms with Crippen LogP contribution >= 0.6 is 34.8 Å². The van der Waals surface area contributed by atoms with Crippen molar-refractivity contribution in [3.63, 3.8) is 0 Å². The number of carbonyl (C=O) groups is 6. The first kappa shape index (κ1) is 66.8. The van der Waals surface area contributed by atoms with Gasteiger partial charge in [-0.3, -0.25) is 14.4 Å². The standard InChI is InChI=1S/C15H17N5O4.C9H12ClN3O2.C9H10ClN3O2.C8H12N2O3.C7H6ClN3O.CH4O/c1-3-23-15(22)10-6-11(24-20-10)8(2)18-13-9-4-5-12(21)19-14(9)17-7-16-13;2*1-2-15-7(14)4-3-6-8(10)12-5-13-9(6)11;1-3-12-8(11)6-4-7(5(2)9)13-10-6;8-6-4-1-2-5(12)11-7(4)10-3-9-6;1-2/h6-8H,3-5H2,1-2H3,(H2,16,17,18,19,21);5H,2-4H2,1H3,(H2,11,12,13);3-5H,2H2,1H3,(H2,11,12,13);4-5H,3,9H2,1-2H3;3H,1-2H2,(H,9,10,11,12);2H,1H3/b;;4-3+;;;/t8-;;;5-;;/m1..1../s1. The predicted molar refractivity (Wildman–Crippen MR) is 294 cm³/mol. The number of carbonyl (C=O) groups excluding carboxylic acids is 6. The maximum Gasteiger partial charge on any atom is 0.360 e. The molecule has 2 atom stereocenters. The van der Waals surface area contributed by atoms with Gasteiger partial charge in [-0.15, -0.1) is 0 Å². The summed E-state index contributed by atoms with van der Waals surface area (Å²) in [5, 5.41) is 23.7. The molecule has 8 heterocycles. The zero-order chi connectivity index (χ0) is 60.0. The van der Waals surface area contributed by atoms with E-state index in [-0.39, 0.29) is 70.4 Å². The first-order chi connectivity index (χ1) is 38.8. The number of nitrogens with two attached hydrogens (primary N) is 3. The molecule has 2 aliphatic rings. The van der Waals surface area contributed by atoms with Crippen molar-refractivity contribution >= 4 is 106 Å². The Hall–Kier alpha value is -8.51. The number of aromatic nitrogens is 10. The molecule has 8 rings (SSSR count). The van der Waals surface area contributed by atoms with Crippen molar-refractivity contribution in [2.75, 3.05) is 61.0 Å². The minimum Gasteiger partial charge on any atom is -0.466 e. The zero-order valence-corrected chi connectivity index (χ0v) is 47.3. The lowest BCUT2D eigenvalue weighted by atomic mass is 10.1. The fraction of sp³-hybridized carbons (Fsp3) is 0.388. The summed E-state index contributed by atoms with van der Waals surface area (Å²) in [6.45, 7) is 11.8. The number of hydrogen-bond donors (Lipinski definition) is 7. The first-order valence-electron chi connectivity index (χ1n) is 24.5. The number of aliphatic hydroxyl groups excluding tert-OH is 1. The Morgan fingerprint density at radius 1 is 0.667 bits per heavy atom. The number of ether oxygens (including phenoxy) is 4. The summed E-state index contributed by atoms with van der Waals surface area (Å²) in [5.74, 6) is 1.32. The lowest BCUT2D eigenvalue weighted by Crippen LogP contribution is -2.22. The predicted octanol–water partition coefficient (Wildman–Crippen LogP) is 5.69. The van der Waals surface area contributed by atoms with E-state index in [1.807, 2.05) is 6.92 Å². The Labute approximate surface area is 478 Å². The third-order valence-electron chi connectivity index (χ3n) is 10.2. The van der Waals surface area contributed by atoms with Crippen LogP contribution in [0.5, 0.6) is 0 Å². The third kappa shape index (κ3) is 21.9. The molecule has 0 bridgehead atoms. The molecule has 436 valence electrons. The van der Waals surface area contributed by atoms with Gasteiger partial charge < -0.3 is 66.3 Å². The molecule has 0 aliphatic carbocycles. The van der Waals surface area contributed by atoms with E-state index in [0.717, 1.165) is 18.2 Å². The van der Waals surface area contributed by atoms with Crippen molar-refractivity contribution in [3.8, 4) is 0 Å². The fourth-order valence-corrected chi connectivity index (χ4v) is 6.99. The van der Waals surface area contributed by atoms with Crippen molar-refractivity contribution < 1.29 is 61.9 Å². The van der Waals surface area contributed by atoms with Gasteiger partial charge >= 0.3 is 23.9 Å². The van der Waals surface area contributed by atoms with Gasteiger partial charge in [-0.05, 0) is 66.9 Å². The molecule has 0 spiro atoms. The number of hydrogen-bond acceptors (Lipinski definition) is 27. The Balaban J connectivity index is 0.000000270. The van der Waals surface area contributed by atoms with Gasteiger partial charge in [-0.25, -0.2) is 54.3 Å². The minimum absolute atomic E-state index is 0.0164. The van der Waals surface area contributed by atoms with E-state index in [0.29, 0.717) is 103 Å². The highest BCUT2D eigenvalue weighted by Crippen LogP contribution is 2.29. The van der Waals surface area contributed by atoms with Crippen LogP contribution in [-0.4, -0.2) is 125 Å². The summed E-state index contributed by atoms with van der Waals surface area (Å²) >= 11 is 17.3. The maximum absolute atomic E-state index is 11.6. The highest BCUT2D eigenvalue weighted by atomic mass is 35.5. The van der Waals surface area contributed by atoms with Gasteiger partial charge in [0.05, 0.1) is 44.1 Å². The fourth-order valence-electron chi connectivity index (χ4n) is 6.32. The smallest absolute Gasteiger partial charge is 0.360 e. The number of fused-ring (bicyclic) bond motifs is 2. The van der Waals surface area contributed by atoms with Crippen LogP contribution in [0, 0.1) is 0 Å². The molecule has 2 aliphatic heterocycles. The minimum atomic E-state index is -0.526. The van der Waals surface area contributed by atoms with E-state index in [1.54, 1.807) is 34.6 Å². The normalized spacial score (nSPS) is 12.4. The first-order valence-corrected chi connectivity index (χ1v) is 25.6. The van der Waals surface area contributed by atoms with Crippen molar-refractivity contribution in [2.45, 2.75) is 92.2 Å². The number of rotatable bonds is 15. The van der Waals surface area contributed by atoms with E-state index in [1.165, 1.54) is 49.6 Å². The molecule has 0 saturated carbocycles. The Kier molecular flexibility index (Phi) is 29.0. The number of nitrogens with one attached hydrogen (secondary N) is 3. The number of anilines is 5. The summed E-state index contributed by atoms with van der Waals surface area (Å²) in [4.78, 5) is 98.3. The maximum atomic E-state index is 11.6. The molecule has 0 unspecified atom stereocenters. The van der Waals surface area contributed by atoms with E-state index in [9.17, 15) is 28.8 Å². The van der Waals surface area contributed by atoms with Crippen molar-refractivity contribution in [3.05, 3.63) is 104 Å². The van der Waals surface area contributed by atoms with Crippen molar-refractivity contribution in [1.29, 1.82) is 0 Å². The van der Waals surface area contributed by atoms with E-state index in [2.05, 4.69) is 66.1 Å². The molecule has 10 N–H and O–H groups in total. The van der Waals surface area contributed by atoms with Crippen LogP contribution in [0.4, 0.5) is 29.1 Å². The van der Waals surface area contributed by atoms with Crippen LogP contribution in [0.3, 0.4) is 0 Å². The highest BCUT2D eigenvalue weighted by Gasteiger charge is 2.24. The van der Waals surface area contributed by atoms with E-state index < -0.39 is 17.9 Å². The van der Waals surface area contributed by atoms with Gasteiger partial charge in [0.1, 0.15) is 69.9 Å². The number of nitrogens with zero attached hydrogens (tertiary/aromatic N) is 10. The van der Waals surface area contributed by atoms with E-state index >= 15 is 0 Å². The van der Waals surface area contributed by atoms with Gasteiger partial charge in [-0.2, -0.15) is 0 Å². The molecule has 0 saturated heterocycles. The Bertz CT molecular complexity index is 3030. The monoisotopic (exact) mass is 1190 g/mol. The molecule has 29 nitrogen and oxygen atoms in total. The summed E-state index contributed by atoms with van der Waals surface area (Å²) < 4.78 is 29.1. The number of halogens is 3. The molecule has 32 heteroatoms. The van der Waals surface area contributed by atoms with Crippen LogP contribution in [0.2, 0.25) is 15.5 Å². The number of nitrogen functional groups attached to an aromatic ring is 2. The van der Waals surface area contributed by atoms with Crippen LogP contribution in [0.1, 0.15) is 128 Å². The summed E-state index contributed by atoms with van der Waals surface area (Å²) in [6, 6.07) is 2.47. The third-order valence-corrected chi connectivity index (χ3v) is 11.1. The van der Waals surface area contributed by atoms with Gasteiger partial charge in [0.25, 0.3) is 0 Å². The SMILES string of the molecule is CCOC(=O)/C=C/c1c(N)ncnc1Cl.CCOC(=O)CCc1c(N)ncnc1Cl.CCOC(=O)c1cc([C@@H](C)N)on1.CCOC(=O)c1cc([C@@H](C)Nc2ncnc3c2CCC(=O)N3)on1.CO.O=C1CCc2c(Cl)ncnc2N1. The average molecular weight is 1190 g/mol. The molecule has 0 fully saturated rings. The van der Waals surface area contributed by atoms with Crippen LogP contribution < -0.4 is 33.2 Å². The topological polar surface area (TPSA) is 429 Å². The van der Waals surface area contributed by atoms with Crippen LogP contribution in [0.15, 0.2) is 52.6 Å². The Morgan fingerprint density at radius 2 is 1.16 bits per heavy atom. The second-order valence-corrected chi connectivity index (χ2v) is 16.9. The summed E-state index contributed by atoms with van der Waals surface area (Å²) in [5.41, 5.74) is 19.6. The van der Waals surface area contributed by atoms with Crippen molar-refractivity contribution in [1.82, 2.24) is 50.2 Å². The van der Waals surface area contributed by atoms with E-state index in [4.69, 9.17) is 85.1 Å². The van der Waals surface area contributed by atoms with Gasteiger partial charge in [-0.1, -0.05) is 45.1 Å².